The second kappa shape index (κ2) is 5.08. The zero-order chi connectivity index (χ0) is 14.8. The number of nitrogens with one attached hydrogen (secondary N) is 1. The van der Waals surface area contributed by atoms with Crippen molar-refractivity contribution in [3.8, 4) is 11.5 Å². The smallest absolute Gasteiger partial charge is 0.258 e. The summed E-state index contributed by atoms with van der Waals surface area (Å²) in [6, 6.07) is 3.91. The minimum absolute atomic E-state index is 0.127. The van der Waals surface area contributed by atoms with Crippen LogP contribution in [0.1, 0.15) is 24.2 Å². The van der Waals surface area contributed by atoms with Gasteiger partial charge in [0.25, 0.3) is 5.91 Å². The second-order valence-electron chi connectivity index (χ2n) is 4.89. The zero-order valence-electron chi connectivity index (χ0n) is 11.0. The van der Waals surface area contributed by atoms with Crippen molar-refractivity contribution in [1.82, 2.24) is 5.32 Å². The summed E-state index contributed by atoms with van der Waals surface area (Å²) < 4.78 is 21.8. The van der Waals surface area contributed by atoms with E-state index in [9.17, 15) is 23.4 Å². The van der Waals surface area contributed by atoms with E-state index in [1.807, 2.05) is 0 Å². The number of benzene rings is 1. The second-order valence-corrected chi connectivity index (χ2v) is 7.54. The monoisotopic (exact) mass is 287 g/mol. The Bertz CT molecular complexity index is 572. The lowest BCUT2D eigenvalue weighted by atomic mass is 10.1. The van der Waals surface area contributed by atoms with Crippen molar-refractivity contribution in [1.29, 1.82) is 0 Å². The van der Waals surface area contributed by atoms with E-state index < -0.39 is 20.5 Å². The standard InChI is InChI=1S/C12H17NO5S/c1-12(2,19(3,17)18)7-13-11(16)10-8(14)5-4-6-9(10)15/h4-6,14-15H,7H2,1-3H3,(H,13,16). The molecule has 1 aromatic rings. The van der Waals surface area contributed by atoms with Crippen molar-refractivity contribution < 1.29 is 23.4 Å². The molecule has 1 amide bonds. The van der Waals surface area contributed by atoms with Crippen molar-refractivity contribution in [3.05, 3.63) is 23.8 Å². The number of aromatic hydroxyl groups is 2. The first kappa shape index (κ1) is 15.3. The summed E-state index contributed by atoms with van der Waals surface area (Å²) in [5, 5.41) is 21.4. The molecule has 0 spiro atoms. The fraction of sp³-hybridized carbons (Fsp3) is 0.417. The van der Waals surface area contributed by atoms with Crippen LogP contribution in [0.4, 0.5) is 0 Å². The molecule has 7 heteroatoms. The van der Waals surface area contributed by atoms with Crippen LogP contribution in [0.25, 0.3) is 0 Å². The number of sulfone groups is 1. The topological polar surface area (TPSA) is 104 Å². The molecular formula is C12H17NO5S. The lowest BCUT2D eigenvalue weighted by Crippen LogP contribution is -2.43. The van der Waals surface area contributed by atoms with Crippen LogP contribution in [-0.2, 0) is 9.84 Å². The summed E-state index contributed by atoms with van der Waals surface area (Å²) in [5.74, 6) is -1.46. The summed E-state index contributed by atoms with van der Waals surface area (Å²) in [6.07, 6.45) is 1.08. The lowest BCUT2D eigenvalue weighted by Gasteiger charge is -2.22. The Hall–Kier alpha value is -1.76. The Labute approximate surface area is 112 Å². The lowest BCUT2D eigenvalue weighted by molar-refractivity contribution is 0.0945. The summed E-state index contributed by atoms with van der Waals surface area (Å²) in [6.45, 7) is 2.83. The van der Waals surface area contributed by atoms with Gasteiger partial charge < -0.3 is 15.5 Å². The molecule has 0 aliphatic rings. The van der Waals surface area contributed by atoms with E-state index in [1.165, 1.54) is 32.0 Å². The highest BCUT2D eigenvalue weighted by molar-refractivity contribution is 7.92. The third kappa shape index (κ3) is 3.37. The van der Waals surface area contributed by atoms with Crippen molar-refractivity contribution in [3.63, 3.8) is 0 Å². The average molecular weight is 287 g/mol. The Morgan fingerprint density at radius 2 is 1.74 bits per heavy atom. The molecule has 0 saturated heterocycles. The van der Waals surface area contributed by atoms with E-state index in [4.69, 9.17) is 0 Å². The van der Waals surface area contributed by atoms with Gasteiger partial charge in [0.1, 0.15) is 17.1 Å². The molecule has 0 aromatic heterocycles. The molecule has 6 nitrogen and oxygen atoms in total. The van der Waals surface area contributed by atoms with Gasteiger partial charge in [-0.25, -0.2) is 8.42 Å². The van der Waals surface area contributed by atoms with Gasteiger partial charge in [-0.2, -0.15) is 0 Å². The van der Waals surface area contributed by atoms with E-state index in [0.29, 0.717) is 0 Å². The van der Waals surface area contributed by atoms with Crippen LogP contribution in [0, 0.1) is 0 Å². The minimum atomic E-state index is -3.34. The third-order valence-corrected chi connectivity index (χ3v) is 5.08. The number of amides is 1. The molecule has 0 aliphatic carbocycles. The summed E-state index contributed by atoms with van der Waals surface area (Å²) in [4.78, 5) is 11.8. The van der Waals surface area contributed by atoms with Gasteiger partial charge in [0, 0.05) is 12.8 Å². The zero-order valence-corrected chi connectivity index (χ0v) is 11.8. The van der Waals surface area contributed by atoms with Gasteiger partial charge in [-0.3, -0.25) is 4.79 Å². The summed E-state index contributed by atoms with van der Waals surface area (Å²) >= 11 is 0. The SMILES string of the molecule is CC(C)(CNC(=O)c1c(O)cccc1O)S(C)(=O)=O. The normalized spacial score (nSPS) is 12.2. The van der Waals surface area contributed by atoms with Crippen molar-refractivity contribution in [2.45, 2.75) is 18.6 Å². The molecule has 1 aromatic carbocycles. The average Bonchev–Trinajstić information content (AvgIpc) is 2.24. The van der Waals surface area contributed by atoms with E-state index >= 15 is 0 Å². The van der Waals surface area contributed by atoms with E-state index in [2.05, 4.69) is 5.32 Å². The fourth-order valence-corrected chi connectivity index (χ4v) is 1.61. The van der Waals surface area contributed by atoms with Crippen molar-refractivity contribution in [2.75, 3.05) is 12.8 Å². The van der Waals surface area contributed by atoms with Crippen molar-refractivity contribution in [2.24, 2.45) is 0 Å². The number of carbonyl (C=O) groups excluding carboxylic acids is 1. The maximum absolute atomic E-state index is 11.8. The Morgan fingerprint density at radius 1 is 1.26 bits per heavy atom. The van der Waals surface area contributed by atoms with Gasteiger partial charge in [-0.1, -0.05) is 6.07 Å². The van der Waals surface area contributed by atoms with E-state index in [1.54, 1.807) is 0 Å². The number of phenolic OH excluding ortho intramolecular Hbond substituents is 2. The van der Waals surface area contributed by atoms with Gasteiger partial charge in [0.05, 0.1) is 4.75 Å². The largest absolute Gasteiger partial charge is 0.507 e. The molecule has 0 bridgehead atoms. The maximum atomic E-state index is 11.8. The van der Waals surface area contributed by atoms with E-state index in [-0.39, 0.29) is 23.6 Å². The molecule has 0 fully saturated rings. The molecule has 3 N–H and O–H groups in total. The van der Waals surface area contributed by atoms with Crippen LogP contribution in [0.15, 0.2) is 18.2 Å². The van der Waals surface area contributed by atoms with E-state index in [0.717, 1.165) is 6.26 Å². The van der Waals surface area contributed by atoms with Crippen LogP contribution in [0.2, 0.25) is 0 Å². The summed E-state index contributed by atoms with van der Waals surface area (Å²) in [5.41, 5.74) is -0.271. The van der Waals surface area contributed by atoms with Gasteiger partial charge in [-0.05, 0) is 26.0 Å². The summed E-state index contributed by atoms with van der Waals surface area (Å²) in [7, 11) is -3.34. The van der Waals surface area contributed by atoms with Gasteiger partial charge in [0.15, 0.2) is 9.84 Å². The number of hydrogen-bond donors (Lipinski definition) is 3. The van der Waals surface area contributed by atoms with Crippen LogP contribution in [0.3, 0.4) is 0 Å². The molecule has 0 aliphatic heterocycles. The highest BCUT2D eigenvalue weighted by Gasteiger charge is 2.31. The quantitative estimate of drug-likeness (QED) is 0.754. The van der Waals surface area contributed by atoms with Crippen LogP contribution < -0.4 is 5.32 Å². The first-order chi connectivity index (χ1) is 8.56. The molecule has 19 heavy (non-hydrogen) atoms. The minimum Gasteiger partial charge on any atom is -0.507 e. The molecule has 0 radical (unpaired) electrons. The first-order valence-electron chi connectivity index (χ1n) is 5.55. The molecule has 106 valence electrons. The molecular weight excluding hydrogens is 270 g/mol. The van der Waals surface area contributed by atoms with Gasteiger partial charge >= 0.3 is 0 Å². The molecule has 0 atom stereocenters. The van der Waals surface area contributed by atoms with Gasteiger partial charge in [-0.15, -0.1) is 0 Å². The highest BCUT2D eigenvalue weighted by Crippen LogP contribution is 2.26. The Balaban J connectivity index is 2.89. The predicted molar refractivity (Wildman–Crippen MR) is 71.0 cm³/mol. The maximum Gasteiger partial charge on any atom is 0.258 e. The molecule has 0 saturated carbocycles. The number of rotatable bonds is 4. The molecule has 1 rings (SSSR count). The van der Waals surface area contributed by atoms with Crippen LogP contribution >= 0.6 is 0 Å². The van der Waals surface area contributed by atoms with Crippen LogP contribution in [0.5, 0.6) is 11.5 Å². The van der Waals surface area contributed by atoms with Crippen molar-refractivity contribution >= 4 is 15.7 Å². The third-order valence-electron chi connectivity index (χ3n) is 2.93. The highest BCUT2D eigenvalue weighted by atomic mass is 32.2. The first-order valence-corrected chi connectivity index (χ1v) is 7.44. The number of carbonyl (C=O) groups is 1. The molecule has 0 unspecified atom stereocenters. The fourth-order valence-electron chi connectivity index (χ4n) is 1.27. The Morgan fingerprint density at radius 3 is 2.16 bits per heavy atom. The Kier molecular flexibility index (Phi) is 4.09. The van der Waals surface area contributed by atoms with Crippen LogP contribution in [-0.4, -0.2) is 42.1 Å². The number of hydrogen-bond acceptors (Lipinski definition) is 5. The predicted octanol–water partition coefficient (Wildman–Crippen LogP) is 0.651. The molecule has 0 heterocycles. The van der Waals surface area contributed by atoms with Gasteiger partial charge in [0.2, 0.25) is 0 Å². The number of phenols is 2.